The van der Waals surface area contributed by atoms with E-state index in [2.05, 4.69) is 15.3 Å². The molecule has 2 saturated heterocycles. The molecule has 1 N–H and O–H groups in total. The van der Waals surface area contributed by atoms with Crippen LogP contribution >= 0.6 is 11.6 Å². The molecule has 9 nitrogen and oxygen atoms in total. The molecule has 3 atom stereocenters. The van der Waals surface area contributed by atoms with E-state index >= 15 is 0 Å². The molecule has 5 rings (SSSR count). The van der Waals surface area contributed by atoms with Crippen molar-refractivity contribution in [2.24, 2.45) is 0 Å². The van der Waals surface area contributed by atoms with Gasteiger partial charge in [0.05, 0.1) is 50.3 Å². The summed E-state index contributed by atoms with van der Waals surface area (Å²) in [7, 11) is 4.72. The number of benzene rings is 2. The maximum Gasteiger partial charge on any atom is 0.164 e. The summed E-state index contributed by atoms with van der Waals surface area (Å²) >= 11 is 6.23. The van der Waals surface area contributed by atoms with Crippen molar-refractivity contribution in [2.75, 3.05) is 39.9 Å². The van der Waals surface area contributed by atoms with Gasteiger partial charge in [0.2, 0.25) is 0 Å². The number of hydrogen-bond donors (Lipinski definition) is 1. The zero-order valence-electron chi connectivity index (χ0n) is 18.5. The molecule has 3 heterocycles. The second-order valence-electron chi connectivity index (χ2n) is 7.71. The molecule has 0 spiro atoms. The first-order chi connectivity index (χ1) is 16.1. The number of halogens is 1. The van der Waals surface area contributed by atoms with Gasteiger partial charge in [-0.1, -0.05) is 11.6 Å². The zero-order valence-corrected chi connectivity index (χ0v) is 19.2. The summed E-state index contributed by atoms with van der Waals surface area (Å²) in [6.07, 6.45) is 2.19. The van der Waals surface area contributed by atoms with Crippen molar-refractivity contribution in [3.05, 3.63) is 35.6 Å². The van der Waals surface area contributed by atoms with Crippen LogP contribution in [0.5, 0.6) is 23.0 Å². The van der Waals surface area contributed by atoms with Crippen LogP contribution < -0.4 is 24.3 Å². The van der Waals surface area contributed by atoms with E-state index in [1.54, 1.807) is 33.5 Å². The number of nitrogens with zero attached hydrogens (tertiary/aromatic N) is 2. The van der Waals surface area contributed by atoms with Crippen LogP contribution in [0.4, 0.5) is 11.5 Å². The van der Waals surface area contributed by atoms with E-state index in [0.29, 0.717) is 58.3 Å². The van der Waals surface area contributed by atoms with E-state index in [1.165, 1.54) is 6.33 Å². The Hall–Kier alpha value is -3.01. The minimum Gasteiger partial charge on any atom is -0.495 e. The zero-order chi connectivity index (χ0) is 22.9. The lowest BCUT2D eigenvalue weighted by molar-refractivity contribution is 0.0298. The standard InChI is InChI=1S/C23H24ClN3O6/c1-28-17-9-15(18(29-2)7-13(17)24)27-23-12-6-19(30-3)20(8-14(12)25-11-26-23)33-21-10-32-16-4-5-31-22(16)21/h6-9,11,16,21-22H,4-5,10H2,1-3H3,(H,25,26,27)/t16?,21-,22?/m1/s1. The lowest BCUT2D eigenvalue weighted by Gasteiger charge is -2.20. The summed E-state index contributed by atoms with van der Waals surface area (Å²) in [6, 6.07) is 7.11. The van der Waals surface area contributed by atoms with E-state index < -0.39 is 0 Å². The summed E-state index contributed by atoms with van der Waals surface area (Å²) in [5.41, 5.74) is 1.33. The minimum absolute atomic E-state index is 0.0691. The first-order valence-corrected chi connectivity index (χ1v) is 10.9. The number of aromatic nitrogens is 2. The quantitative estimate of drug-likeness (QED) is 0.546. The Labute approximate surface area is 195 Å². The predicted molar refractivity (Wildman–Crippen MR) is 122 cm³/mol. The highest BCUT2D eigenvalue weighted by Gasteiger charge is 2.43. The van der Waals surface area contributed by atoms with Crippen LogP contribution in [0.2, 0.25) is 5.02 Å². The number of rotatable bonds is 7. The summed E-state index contributed by atoms with van der Waals surface area (Å²) in [5, 5.41) is 4.48. The number of nitrogens with one attached hydrogen (secondary N) is 1. The Morgan fingerprint density at radius 1 is 0.939 bits per heavy atom. The van der Waals surface area contributed by atoms with Gasteiger partial charge < -0.3 is 33.7 Å². The third-order valence-electron chi connectivity index (χ3n) is 5.85. The van der Waals surface area contributed by atoms with Crippen LogP contribution in [-0.2, 0) is 9.47 Å². The summed E-state index contributed by atoms with van der Waals surface area (Å²) in [4.78, 5) is 8.84. The smallest absolute Gasteiger partial charge is 0.164 e. The molecule has 0 saturated carbocycles. The number of fused-ring (bicyclic) bond motifs is 2. The van der Waals surface area contributed by atoms with Crippen molar-refractivity contribution in [1.82, 2.24) is 9.97 Å². The van der Waals surface area contributed by atoms with E-state index in [-0.39, 0.29) is 18.3 Å². The van der Waals surface area contributed by atoms with Gasteiger partial charge in [-0.3, -0.25) is 0 Å². The van der Waals surface area contributed by atoms with E-state index in [4.69, 9.17) is 40.0 Å². The first kappa shape index (κ1) is 21.8. The van der Waals surface area contributed by atoms with Gasteiger partial charge in [0.15, 0.2) is 17.6 Å². The molecule has 3 aromatic rings. The Kier molecular flexibility index (Phi) is 6.01. The Morgan fingerprint density at radius 3 is 2.55 bits per heavy atom. The molecule has 0 radical (unpaired) electrons. The third-order valence-corrected chi connectivity index (χ3v) is 6.14. The second-order valence-corrected chi connectivity index (χ2v) is 8.11. The maximum atomic E-state index is 6.25. The van der Waals surface area contributed by atoms with Gasteiger partial charge in [-0.25, -0.2) is 9.97 Å². The molecule has 0 amide bonds. The number of methoxy groups -OCH3 is 3. The second kappa shape index (κ2) is 9.09. The van der Waals surface area contributed by atoms with Gasteiger partial charge in [0, 0.05) is 30.2 Å². The molecule has 33 heavy (non-hydrogen) atoms. The summed E-state index contributed by atoms with van der Waals surface area (Å²) in [5.74, 6) is 2.76. The average molecular weight is 474 g/mol. The molecule has 2 aliphatic rings. The normalized spacial score (nSPS) is 21.6. The minimum atomic E-state index is -0.200. The molecule has 0 aliphatic carbocycles. The molecule has 2 aromatic carbocycles. The van der Waals surface area contributed by atoms with Crippen LogP contribution in [0.1, 0.15) is 6.42 Å². The first-order valence-electron chi connectivity index (χ1n) is 10.5. The lowest BCUT2D eigenvalue weighted by Crippen LogP contribution is -2.32. The highest BCUT2D eigenvalue weighted by Crippen LogP contribution is 2.40. The molecule has 0 bridgehead atoms. The van der Waals surface area contributed by atoms with Crippen LogP contribution in [0.25, 0.3) is 10.9 Å². The fourth-order valence-electron chi connectivity index (χ4n) is 4.20. The van der Waals surface area contributed by atoms with Gasteiger partial charge in [0.25, 0.3) is 0 Å². The monoisotopic (exact) mass is 473 g/mol. The molecular formula is C23H24ClN3O6. The molecule has 10 heteroatoms. The van der Waals surface area contributed by atoms with Crippen molar-refractivity contribution in [3.63, 3.8) is 0 Å². The van der Waals surface area contributed by atoms with E-state index in [0.717, 1.165) is 11.8 Å². The summed E-state index contributed by atoms with van der Waals surface area (Å²) < 4.78 is 34.3. The lowest BCUT2D eigenvalue weighted by atomic mass is 10.1. The summed E-state index contributed by atoms with van der Waals surface area (Å²) in [6.45, 7) is 1.16. The van der Waals surface area contributed by atoms with Gasteiger partial charge in [0.1, 0.15) is 29.7 Å². The van der Waals surface area contributed by atoms with Crippen LogP contribution in [-0.4, -0.2) is 62.8 Å². The van der Waals surface area contributed by atoms with Gasteiger partial charge >= 0.3 is 0 Å². The molecule has 2 aliphatic heterocycles. The van der Waals surface area contributed by atoms with Crippen LogP contribution in [0.15, 0.2) is 30.6 Å². The Bertz CT molecular complexity index is 1180. The van der Waals surface area contributed by atoms with Gasteiger partial charge in [-0.2, -0.15) is 0 Å². The van der Waals surface area contributed by atoms with Crippen molar-refractivity contribution in [2.45, 2.75) is 24.7 Å². The molecular weight excluding hydrogens is 450 g/mol. The van der Waals surface area contributed by atoms with Crippen LogP contribution in [0.3, 0.4) is 0 Å². The average Bonchev–Trinajstić information content (AvgIpc) is 3.45. The Balaban J connectivity index is 1.49. The number of hydrogen-bond acceptors (Lipinski definition) is 9. The van der Waals surface area contributed by atoms with Crippen LogP contribution in [0, 0.1) is 0 Å². The maximum absolute atomic E-state index is 6.25. The number of anilines is 2. The predicted octanol–water partition coefficient (Wildman–Crippen LogP) is 3.99. The van der Waals surface area contributed by atoms with E-state index in [1.807, 2.05) is 12.1 Å². The molecule has 1 aromatic heterocycles. The van der Waals surface area contributed by atoms with Crippen molar-refractivity contribution in [1.29, 1.82) is 0 Å². The molecule has 2 fully saturated rings. The number of ether oxygens (including phenoxy) is 6. The van der Waals surface area contributed by atoms with Crippen molar-refractivity contribution >= 4 is 34.0 Å². The van der Waals surface area contributed by atoms with Crippen molar-refractivity contribution in [3.8, 4) is 23.0 Å². The van der Waals surface area contributed by atoms with Gasteiger partial charge in [-0.15, -0.1) is 0 Å². The molecule has 174 valence electrons. The topological polar surface area (TPSA) is 93.2 Å². The van der Waals surface area contributed by atoms with E-state index in [9.17, 15) is 0 Å². The fraction of sp³-hybridized carbons (Fsp3) is 0.391. The third kappa shape index (κ3) is 4.07. The molecule has 2 unspecified atom stereocenters. The SMILES string of the molecule is COc1cc(Nc2ncnc3cc(O[C@@H]4COC5CCOC54)c(OC)cc23)c(OC)cc1Cl. The fourth-order valence-corrected chi connectivity index (χ4v) is 4.43. The van der Waals surface area contributed by atoms with Crippen molar-refractivity contribution < 1.29 is 28.4 Å². The largest absolute Gasteiger partial charge is 0.495 e. The highest BCUT2D eigenvalue weighted by atomic mass is 35.5. The Morgan fingerprint density at radius 2 is 1.76 bits per heavy atom. The van der Waals surface area contributed by atoms with Gasteiger partial charge in [-0.05, 0) is 12.5 Å². The highest BCUT2D eigenvalue weighted by molar-refractivity contribution is 6.32.